The molecule has 4 aromatic carbocycles. The van der Waals surface area contributed by atoms with Crippen LogP contribution in [0, 0.1) is 11.8 Å². The highest BCUT2D eigenvalue weighted by Crippen LogP contribution is 2.79. The molecule has 194 valence electrons. The van der Waals surface area contributed by atoms with Gasteiger partial charge < -0.3 is 9.47 Å². The highest BCUT2D eigenvalue weighted by atomic mass is 35.5. The molecule has 0 radical (unpaired) electrons. The van der Waals surface area contributed by atoms with Crippen molar-refractivity contribution in [3.8, 4) is 0 Å². The van der Waals surface area contributed by atoms with Crippen LogP contribution in [0.3, 0.4) is 0 Å². The number of rotatable bonds is 3. The van der Waals surface area contributed by atoms with Crippen molar-refractivity contribution in [3.63, 3.8) is 0 Å². The van der Waals surface area contributed by atoms with Crippen LogP contribution in [0.15, 0.2) is 88.9 Å². The Balaban J connectivity index is 1.59. The second-order valence-corrected chi connectivity index (χ2v) is 12.8. The summed E-state index contributed by atoms with van der Waals surface area (Å²) in [4.78, 5) is -2.56. The normalized spacial score (nSPS) is 33.1. The Labute approximate surface area is 242 Å². The van der Waals surface area contributed by atoms with Crippen LogP contribution in [-0.2, 0) is 9.47 Å². The summed E-state index contributed by atoms with van der Waals surface area (Å²) in [6.07, 6.45) is 0. The Morgan fingerprint density at radius 2 is 1.13 bits per heavy atom. The van der Waals surface area contributed by atoms with Gasteiger partial charge in [-0.3, -0.25) is 0 Å². The van der Waals surface area contributed by atoms with Crippen LogP contribution in [0.4, 0.5) is 0 Å². The zero-order chi connectivity index (χ0) is 26.6. The first kappa shape index (κ1) is 25.2. The van der Waals surface area contributed by atoms with Crippen molar-refractivity contribution >= 4 is 67.9 Å². The summed E-state index contributed by atoms with van der Waals surface area (Å²) in [5, 5.41) is 5.34. The predicted molar refractivity (Wildman–Crippen MR) is 158 cm³/mol. The van der Waals surface area contributed by atoms with E-state index in [1.54, 1.807) is 14.2 Å². The molecular formula is C32H26Cl4O2. The van der Waals surface area contributed by atoms with E-state index in [1.165, 1.54) is 32.7 Å². The van der Waals surface area contributed by atoms with Crippen LogP contribution in [0.25, 0.3) is 21.5 Å². The van der Waals surface area contributed by atoms with E-state index in [2.05, 4.69) is 85.8 Å². The van der Waals surface area contributed by atoms with Gasteiger partial charge in [-0.05, 0) is 44.2 Å². The largest absolute Gasteiger partial charge is 0.350 e. The third-order valence-corrected chi connectivity index (χ3v) is 12.1. The molecule has 0 N–H and O–H groups in total. The van der Waals surface area contributed by atoms with Gasteiger partial charge in [0.15, 0.2) is 0 Å². The Morgan fingerprint density at radius 3 is 1.71 bits per heavy atom. The van der Waals surface area contributed by atoms with E-state index in [9.17, 15) is 0 Å². The Bertz CT molecular complexity index is 1660. The standard InChI is InChI=1S/C32H26Cl4O2/c1-17-23-15-20-10-6-7-11-21(20)16-24(23)25(22-13-12-18-8-4-5-9-19(18)14-22)27-26(17)30(35)28(33)29(34)31(27,36)32(30,37-2)38-3/h4-17,25-27H,1-3H3. The van der Waals surface area contributed by atoms with Crippen molar-refractivity contribution in [2.75, 3.05) is 14.2 Å². The molecule has 1 fully saturated rings. The number of halogens is 4. The molecule has 38 heavy (non-hydrogen) atoms. The number of methoxy groups -OCH3 is 2. The molecule has 0 spiro atoms. The molecule has 0 aliphatic heterocycles. The third-order valence-electron chi connectivity index (χ3n) is 9.48. The van der Waals surface area contributed by atoms with Gasteiger partial charge in [0.05, 0.1) is 10.1 Å². The molecule has 2 bridgehead atoms. The summed E-state index contributed by atoms with van der Waals surface area (Å²) in [6.45, 7) is 2.21. The van der Waals surface area contributed by atoms with Gasteiger partial charge >= 0.3 is 0 Å². The maximum atomic E-state index is 7.73. The molecule has 1 saturated carbocycles. The van der Waals surface area contributed by atoms with E-state index in [1.807, 2.05) is 0 Å². The van der Waals surface area contributed by atoms with Gasteiger partial charge in [-0.15, -0.1) is 23.2 Å². The lowest BCUT2D eigenvalue weighted by Crippen LogP contribution is -2.57. The van der Waals surface area contributed by atoms with Gasteiger partial charge in [0, 0.05) is 32.0 Å². The zero-order valence-electron chi connectivity index (χ0n) is 21.1. The van der Waals surface area contributed by atoms with Crippen molar-refractivity contribution in [2.45, 2.75) is 34.3 Å². The number of ether oxygens (including phenoxy) is 2. The van der Waals surface area contributed by atoms with Crippen molar-refractivity contribution in [1.29, 1.82) is 0 Å². The fourth-order valence-electron chi connectivity index (χ4n) is 7.98. The summed E-state index contributed by atoms with van der Waals surface area (Å²) in [5.74, 6) is -2.01. The first-order chi connectivity index (χ1) is 18.2. The fourth-order valence-corrected chi connectivity index (χ4v) is 10.3. The van der Waals surface area contributed by atoms with E-state index in [-0.39, 0.29) is 23.7 Å². The molecule has 2 nitrogen and oxygen atoms in total. The number of fused-ring (bicyclic) bond motifs is 8. The Kier molecular flexibility index (Phi) is 5.55. The quantitative estimate of drug-likeness (QED) is 0.177. The smallest absolute Gasteiger partial charge is 0.217 e. The van der Waals surface area contributed by atoms with Gasteiger partial charge in [0.25, 0.3) is 0 Å². The second-order valence-electron chi connectivity index (χ2n) is 10.8. The molecule has 6 unspecified atom stereocenters. The van der Waals surface area contributed by atoms with Gasteiger partial charge in [-0.1, -0.05) is 109 Å². The lowest BCUT2D eigenvalue weighted by Gasteiger charge is -2.48. The van der Waals surface area contributed by atoms with Gasteiger partial charge in [0.1, 0.15) is 9.75 Å². The number of benzene rings is 4. The van der Waals surface area contributed by atoms with Crippen LogP contribution in [0.2, 0.25) is 0 Å². The van der Waals surface area contributed by atoms with Crippen LogP contribution in [0.5, 0.6) is 0 Å². The van der Waals surface area contributed by atoms with Crippen molar-refractivity contribution in [3.05, 3.63) is 106 Å². The van der Waals surface area contributed by atoms with E-state index >= 15 is 0 Å². The molecule has 0 heterocycles. The molecule has 7 rings (SSSR count). The molecule has 3 aliphatic carbocycles. The number of alkyl halides is 2. The molecular weight excluding hydrogens is 558 g/mol. The van der Waals surface area contributed by atoms with Crippen LogP contribution in [0.1, 0.15) is 35.4 Å². The highest BCUT2D eigenvalue weighted by molar-refractivity contribution is 6.52. The molecule has 0 aromatic heterocycles. The second kappa shape index (κ2) is 8.36. The Morgan fingerprint density at radius 1 is 0.632 bits per heavy atom. The molecule has 6 atom stereocenters. The maximum absolute atomic E-state index is 7.73. The molecule has 3 aliphatic rings. The summed E-state index contributed by atoms with van der Waals surface area (Å²) in [5.41, 5.74) is 3.61. The van der Waals surface area contributed by atoms with Gasteiger partial charge in [-0.25, -0.2) is 0 Å². The Hall–Kier alpha value is -1.78. The summed E-state index contributed by atoms with van der Waals surface area (Å²) < 4.78 is 12.3. The first-order valence-corrected chi connectivity index (χ1v) is 14.3. The lowest BCUT2D eigenvalue weighted by atomic mass is 9.58. The molecule has 4 aromatic rings. The maximum Gasteiger partial charge on any atom is 0.217 e. The monoisotopic (exact) mass is 582 g/mol. The van der Waals surface area contributed by atoms with Crippen LogP contribution < -0.4 is 0 Å². The fraction of sp³-hybridized carbons (Fsp3) is 0.312. The lowest BCUT2D eigenvalue weighted by molar-refractivity contribution is -0.220. The minimum atomic E-state index is -1.45. The molecule has 0 saturated heterocycles. The highest BCUT2D eigenvalue weighted by Gasteiger charge is 2.86. The van der Waals surface area contributed by atoms with Crippen LogP contribution >= 0.6 is 46.4 Å². The van der Waals surface area contributed by atoms with Crippen molar-refractivity contribution in [1.82, 2.24) is 0 Å². The van der Waals surface area contributed by atoms with Crippen molar-refractivity contribution < 1.29 is 9.47 Å². The number of hydrogen-bond acceptors (Lipinski definition) is 2. The minimum Gasteiger partial charge on any atom is -0.350 e. The van der Waals surface area contributed by atoms with E-state index in [4.69, 9.17) is 55.9 Å². The number of hydrogen-bond donors (Lipinski definition) is 0. The summed E-state index contributed by atoms with van der Waals surface area (Å²) >= 11 is 29.4. The minimum absolute atomic E-state index is 0.0117. The van der Waals surface area contributed by atoms with Crippen LogP contribution in [-0.4, -0.2) is 29.8 Å². The van der Waals surface area contributed by atoms with E-state index in [0.29, 0.717) is 10.1 Å². The van der Waals surface area contributed by atoms with E-state index < -0.39 is 15.5 Å². The topological polar surface area (TPSA) is 18.5 Å². The SMILES string of the molecule is COC1(OC)C2(Cl)C(Cl)=C(Cl)C1(Cl)C1C(c3ccc4ccccc4c3)c3cc4ccccc4cc3C(C)C12. The van der Waals surface area contributed by atoms with Gasteiger partial charge in [0.2, 0.25) is 5.79 Å². The average Bonchev–Trinajstić information content (AvgIpc) is 3.20. The average molecular weight is 584 g/mol. The summed E-state index contributed by atoms with van der Waals surface area (Å²) in [6, 6.07) is 28.1. The molecule has 0 amide bonds. The summed E-state index contributed by atoms with van der Waals surface area (Å²) in [7, 11) is 3.15. The molecule has 6 heteroatoms. The van der Waals surface area contributed by atoms with Crippen molar-refractivity contribution in [2.24, 2.45) is 11.8 Å². The predicted octanol–water partition coefficient (Wildman–Crippen LogP) is 9.14. The third kappa shape index (κ3) is 2.75. The van der Waals surface area contributed by atoms with E-state index in [0.717, 1.165) is 5.56 Å². The van der Waals surface area contributed by atoms with Gasteiger partial charge in [-0.2, -0.15) is 0 Å². The first-order valence-electron chi connectivity index (χ1n) is 12.8. The zero-order valence-corrected chi connectivity index (χ0v) is 24.2.